The third-order valence-electron chi connectivity index (χ3n) is 2.28. The van der Waals surface area contributed by atoms with E-state index in [9.17, 15) is 0 Å². The molecular formula is C9H18N4O. The number of aryl methyl sites for hydroxylation is 1. The first-order chi connectivity index (χ1) is 6.67. The molecule has 5 heteroatoms. The fourth-order valence-corrected chi connectivity index (χ4v) is 1.51. The first-order valence-electron chi connectivity index (χ1n) is 4.81. The van der Waals surface area contributed by atoms with Crippen LogP contribution in [0.1, 0.15) is 19.0 Å². The minimum Gasteiger partial charge on any atom is -0.380 e. The van der Waals surface area contributed by atoms with E-state index in [2.05, 4.69) is 17.2 Å². The third kappa shape index (κ3) is 2.78. The van der Waals surface area contributed by atoms with Gasteiger partial charge in [0.1, 0.15) is 0 Å². The van der Waals surface area contributed by atoms with E-state index >= 15 is 0 Å². The van der Waals surface area contributed by atoms with Crippen LogP contribution in [0.4, 0.5) is 0 Å². The van der Waals surface area contributed by atoms with Crippen LogP contribution in [0.25, 0.3) is 0 Å². The summed E-state index contributed by atoms with van der Waals surface area (Å²) in [6.45, 7) is 2.06. The number of methoxy groups -OCH3 is 1. The molecule has 1 aromatic heterocycles. The summed E-state index contributed by atoms with van der Waals surface area (Å²) >= 11 is 0. The predicted molar refractivity (Wildman–Crippen MR) is 53.8 cm³/mol. The summed E-state index contributed by atoms with van der Waals surface area (Å²) < 4.78 is 6.94. The van der Waals surface area contributed by atoms with E-state index < -0.39 is 0 Å². The van der Waals surface area contributed by atoms with Gasteiger partial charge in [-0.2, -0.15) is 0 Å². The SMILES string of the molecule is CCC(OC)C(N)Cc1cn(C)nn1. The zero-order valence-corrected chi connectivity index (χ0v) is 8.97. The average Bonchev–Trinajstić information content (AvgIpc) is 2.53. The van der Waals surface area contributed by atoms with Gasteiger partial charge >= 0.3 is 0 Å². The Labute approximate surface area is 84.2 Å². The van der Waals surface area contributed by atoms with Gasteiger partial charge in [-0.05, 0) is 6.42 Å². The highest BCUT2D eigenvalue weighted by molar-refractivity contribution is 4.96. The fraction of sp³-hybridized carbons (Fsp3) is 0.778. The zero-order valence-electron chi connectivity index (χ0n) is 8.97. The number of hydrogen-bond acceptors (Lipinski definition) is 4. The van der Waals surface area contributed by atoms with Gasteiger partial charge in [0.2, 0.25) is 0 Å². The van der Waals surface area contributed by atoms with E-state index in [0.717, 1.165) is 12.1 Å². The Morgan fingerprint density at radius 1 is 1.64 bits per heavy atom. The highest BCUT2D eigenvalue weighted by Gasteiger charge is 2.16. The number of ether oxygens (including phenoxy) is 1. The number of rotatable bonds is 5. The van der Waals surface area contributed by atoms with Crippen molar-refractivity contribution in [1.82, 2.24) is 15.0 Å². The molecule has 0 aliphatic rings. The molecule has 0 spiro atoms. The van der Waals surface area contributed by atoms with E-state index in [-0.39, 0.29) is 12.1 Å². The van der Waals surface area contributed by atoms with Gasteiger partial charge in [0, 0.05) is 32.8 Å². The summed E-state index contributed by atoms with van der Waals surface area (Å²) in [5.41, 5.74) is 6.89. The molecule has 2 unspecified atom stereocenters. The fourth-order valence-electron chi connectivity index (χ4n) is 1.51. The minimum absolute atomic E-state index is 0.0123. The van der Waals surface area contributed by atoms with Crippen molar-refractivity contribution in [1.29, 1.82) is 0 Å². The molecule has 2 N–H and O–H groups in total. The van der Waals surface area contributed by atoms with Crippen LogP contribution in [0, 0.1) is 0 Å². The molecule has 0 amide bonds. The molecule has 0 aliphatic heterocycles. The first-order valence-corrected chi connectivity index (χ1v) is 4.81. The summed E-state index contributed by atoms with van der Waals surface area (Å²) in [6, 6.07) is -0.0123. The van der Waals surface area contributed by atoms with Crippen molar-refractivity contribution in [3.63, 3.8) is 0 Å². The number of aromatic nitrogens is 3. The van der Waals surface area contributed by atoms with Gasteiger partial charge in [-0.1, -0.05) is 12.1 Å². The van der Waals surface area contributed by atoms with Crippen molar-refractivity contribution < 1.29 is 4.74 Å². The van der Waals surface area contributed by atoms with Crippen molar-refractivity contribution >= 4 is 0 Å². The largest absolute Gasteiger partial charge is 0.380 e. The van der Waals surface area contributed by atoms with Crippen LogP contribution in [0.3, 0.4) is 0 Å². The van der Waals surface area contributed by atoms with Crippen molar-refractivity contribution in [2.45, 2.75) is 31.9 Å². The van der Waals surface area contributed by atoms with E-state index in [1.807, 2.05) is 13.2 Å². The van der Waals surface area contributed by atoms with Crippen LogP contribution < -0.4 is 5.73 Å². The second kappa shape index (κ2) is 5.07. The summed E-state index contributed by atoms with van der Waals surface area (Å²) in [6.07, 6.45) is 3.59. The van der Waals surface area contributed by atoms with Gasteiger partial charge in [-0.25, -0.2) is 0 Å². The molecule has 5 nitrogen and oxygen atoms in total. The van der Waals surface area contributed by atoms with E-state index in [4.69, 9.17) is 10.5 Å². The Kier molecular flexibility index (Phi) is 4.03. The Morgan fingerprint density at radius 3 is 2.79 bits per heavy atom. The van der Waals surface area contributed by atoms with Crippen molar-refractivity contribution in [3.05, 3.63) is 11.9 Å². The molecule has 1 heterocycles. The van der Waals surface area contributed by atoms with Gasteiger partial charge in [0.25, 0.3) is 0 Å². The molecule has 0 aromatic carbocycles. The van der Waals surface area contributed by atoms with Gasteiger partial charge in [-0.15, -0.1) is 5.10 Å². The van der Waals surface area contributed by atoms with E-state index in [1.54, 1.807) is 11.8 Å². The van der Waals surface area contributed by atoms with Crippen LogP contribution in [-0.2, 0) is 18.2 Å². The highest BCUT2D eigenvalue weighted by Crippen LogP contribution is 2.06. The van der Waals surface area contributed by atoms with Crippen LogP contribution in [0.2, 0.25) is 0 Å². The molecule has 0 fully saturated rings. The number of hydrogen-bond donors (Lipinski definition) is 1. The summed E-state index contributed by atoms with van der Waals surface area (Å²) in [7, 11) is 3.53. The summed E-state index contributed by atoms with van der Waals surface area (Å²) in [5, 5.41) is 7.84. The maximum absolute atomic E-state index is 5.98. The molecule has 2 atom stereocenters. The quantitative estimate of drug-likeness (QED) is 0.729. The molecular weight excluding hydrogens is 180 g/mol. The highest BCUT2D eigenvalue weighted by atomic mass is 16.5. The maximum atomic E-state index is 5.98. The number of nitrogens with zero attached hydrogens (tertiary/aromatic N) is 3. The molecule has 0 bridgehead atoms. The molecule has 0 saturated carbocycles. The molecule has 1 aromatic rings. The minimum atomic E-state index is -0.0123. The van der Waals surface area contributed by atoms with Crippen LogP contribution in [0.15, 0.2) is 6.20 Å². The monoisotopic (exact) mass is 198 g/mol. The lowest BCUT2D eigenvalue weighted by Gasteiger charge is -2.19. The molecule has 0 saturated heterocycles. The van der Waals surface area contributed by atoms with E-state index in [0.29, 0.717) is 6.42 Å². The molecule has 1 rings (SSSR count). The van der Waals surface area contributed by atoms with E-state index in [1.165, 1.54) is 0 Å². The second-order valence-electron chi connectivity index (χ2n) is 3.43. The van der Waals surface area contributed by atoms with Gasteiger partial charge in [-0.3, -0.25) is 4.68 Å². The average molecular weight is 198 g/mol. The van der Waals surface area contributed by atoms with Gasteiger partial charge < -0.3 is 10.5 Å². The van der Waals surface area contributed by atoms with Crippen LogP contribution >= 0.6 is 0 Å². The standard InChI is InChI=1S/C9H18N4O/c1-4-9(14-3)8(10)5-7-6-13(2)12-11-7/h6,8-9H,4-5,10H2,1-3H3. The van der Waals surface area contributed by atoms with Crippen molar-refractivity contribution in [2.24, 2.45) is 12.8 Å². The second-order valence-corrected chi connectivity index (χ2v) is 3.43. The number of nitrogens with two attached hydrogens (primary N) is 1. The summed E-state index contributed by atoms with van der Waals surface area (Å²) in [5.74, 6) is 0. The molecule has 0 aliphatic carbocycles. The Bertz CT molecular complexity index is 270. The van der Waals surface area contributed by atoms with Crippen molar-refractivity contribution in [2.75, 3.05) is 7.11 Å². The Morgan fingerprint density at radius 2 is 2.36 bits per heavy atom. The maximum Gasteiger partial charge on any atom is 0.0843 e. The molecule has 14 heavy (non-hydrogen) atoms. The lowest BCUT2D eigenvalue weighted by molar-refractivity contribution is 0.0770. The lowest BCUT2D eigenvalue weighted by Crippen LogP contribution is -2.37. The molecule has 80 valence electrons. The van der Waals surface area contributed by atoms with Crippen molar-refractivity contribution in [3.8, 4) is 0 Å². The van der Waals surface area contributed by atoms with Crippen LogP contribution in [-0.4, -0.2) is 34.2 Å². The summed E-state index contributed by atoms with van der Waals surface area (Å²) in [4.78, 5) is 0. The normalized spacial score (nSPS) is 15.4. The molecule has 0 radical (unpaired) electrons. The van der Waals surface area contributed by atoms with Crippen LogP contribution in [0.5, 0.6) is 0 Å². The topological polar surface area (TPSA) is 66.0 Å². The Hall–Kier alpha value is -0.940. The van der Waals surface area contributed by atoms with Gasteiger partial charge in [0.05, 0.1) is 11.8 Å². The van der Waals surface area contributed by atoms with Gasteiger partial charge in [0.15, 0.2) is 0 Å². The Balaban J connectivity index is 2.51. The smallest absolute Gasteiger partial charge is 0.0843 e. The first kappa shape index (κ1) is 11.1. The zero-order chi connectivity index (χ0) is 10.6. The predicted octanol–water partition coefficient (Wildman–Crippen LogP) is 0.110. The lowest BCUT2D eigenvalue weighted by atomic mass is 10.0. The third-order valence-corrected chi connectivity index (χ3v) is 2.28.